The third-order valence-electron chi connectivity index (χ3n) is 3.28. The molecule has 0 fully saturated rings. The molecule has 0 spiro atoms. The van der Waals surface area contributed by atoms with Crippen molar-refractivity contribution in [2.75, 3.05) is 11.4 Å². The molecule has 1 amide bonds. The van der Waals surface area contributed by atoms with Crippen LogP contribution in [-0.4, -0.2) is 20.8 Å². The number of anilines is 1. The van der Waals surface area contributed by atoms with Gasteiger partial charge in [0, 0.05) is 12.2 Å². The third kappa shape index (κ3) is 4.99. The molecule has 0 aliphatic carbocycles. The molecule has 0 saturated carbocycles. The van der Waals surface area contributed by atoms with E-state index in [0.717, 1.165) is 18.0 Å². The molecule has 0 heterocycles. The van der Waals surface area contributed by atoms with Gasteiger partial charge in [0.1, 0.15) is 0 Å². The minimum absolute atomic E-state index is 0.420. The van der Waals surface area contributed by atoms with E-state index in [1.165, 1.54) is 4.90 Å². The Bertz CT molecular complexity index is 459. The number of carbonyl (C=O) groups excluding carboxylic acids is 1. The highest BCUT2D eigenvalue weighted by Gasteiger charge is 2.19. The van der Waals surface area contributed by atoms with Crippen molar-refractivity contribution in [2.45, 2.75) is 32.5 Å². The van der Waals surface area contributed by atoms with Crippen molar-refractivity contribution < 1.29 is 9.18 Å². The number of hydrogen-bond acceptors (Lipinski definition) is 1. The van der Waals surface area contributed by atoms with Crippen LogP contribution in [0.2, 0.25) is 19.1 Å². The summed E-state index contributed by atoms with van der Waals surface area (Å²) in [6, 6.07) is 8.36. The molecule has 19 heavy (non-hydrogen) atoms. The van der Waals surface area contributed by atoms with Gasteiger partial charge in [0.2, 0.25) is 0 Å². The van der Waals surface area contributed by atoms with Crippen LogP contribution >= 0.6 is 0 Å². The molecule has 0 N–H and O–H groups in total. The van der Waals surface area contributed by atoms with Gasteiger partial charge in [-0.2, -0.15) is 0 Å². The molecule has 2 nitrogen and oxygen atoms in total. The second kappa shape index (κ2) is 6.66. The van der Waals surface area contributed by atoms with Crippen molar-refractivity contribution in [3.05, 3.63) is 42.1 Å². The monoisotopic (exact) mass is 279 g/mol. The average molecular weight is 279 g/mol. The van der Waals surface area contributed by atoms with Crippen LogP contribution in [-0.2, 0) is 0 Å². The van der Waals surface area contributed by atoms with E-state index in [4.69, 9.17) is 0 Å². The number of amides is 1. The highest BCUT2D eigenvalue weighted by Crippen LogP contribution is 2.20. The smallest absolute Gasteiger partial charge is 0.284 e. The number of carbonyl (C=O) groups is 1. The van der Waals surface area contributed by atoms with Gasteiger partial charge < -0.3 is 0 Å². The Morgan fingerprint density at radius 2 is 2.16 bits per heavy atom. The molecule has 4 heteroatoms. The molecule has 0 saturated heterocycles. The second-order valence-corrected chi connectivity index (χ2v) is 10.4. The van der Waals surface area contributed by atoms with E-state index in [-0.39, 0.29) is 0 Å². The first-order chi connectivity index (χ1) is 8.85. The van der Waals surface area contributed by atoms with Gasteiger partial charge in [0.05, 0.1) is 8.07 Å². The third-order valence-corrected chi connectivity index (χ3v) is 6.03. The summed E-state index contributed by atoms with van der Waals surface area (Å²) in [6.45, 7) is 10.6. The second-order valence-electron chi connectivity index (χ2n) is 5.54. The van der Waals surface area contributed by atoms with Crippen molar-refractivity contribution >= 4 is 19.9 Å². The molecule has 0 aliphatic heterocycles. The molecule has 1 aromatic carbocycles. The SMILES string of the molecule is C=C[Si](C)(C)CCCN(C(=O)F)c1cccc(C)c1. The first kappa shape index (κ1) is 15.6. The summed E-state index contributed by atoms with van der Waals surface area (Å²) in [5.41, 5.74) is 3.68. The van der Waals surface area contributed by atoms with E-state index in [0.29, 0.717) is 12.2 Å². The summed E-state index contributed by atoms with van der Waals surface area (Å²) in [4.78, 5) is 12.3. The Morgan fingerprint density at radius 3 is 2.68 bits per heavy atom. The number of halogens is 1. The van der Waals surface area contributed by atoms with E-state index in [9.17, 15) is 9.18 Å². The molecule has 1 aromatic rings. The highest BCUT2D eigenvalue weighted by atomic mass is 28.3. The van der Waals surface area contributed by atoms with E-state index in [1.807, 2.05) is 30.8 Å². The van der Waals surface area contributed by atoms with Crippen LogP contribution in [0.3, 0.4) is 0 Å². The molecule has 0 unspecified atom stereocenters. The topological polar surface area (TPSA) is 20.3 Å². The zero-order chi connectivity index (χ0) is 14.5. The Kier molecular flexibility index (Phi) is 5.48. The van der Waals surface area contributed by atoms with Crippen molar-refractivity contribution in [1.29, 1.82) is 0 Å². The first-order valence-electron chi connectivity index (χ1n) is 6.53. The van der Waals surface area contributed by atoms with Gasteiger partial charge in [0.25, 0.3) is 0 Å². The molecule has 0 atom stereocenters. The lowest BCUT2D eigenvalue weighted by molar-refractivity contribution is 0.228. The summed E-state index contributed by atoms with van der Waals surface area (Å²) in [5.74, 6) is 0. The fourth-order valence-electron chi connectivity index (χ4n) is 1.91. The first-order valence-corrected chi connectivity index (χ1v) is 9.81. The fourth-order valence-corrected chi connectivity index (χ4v) is 3.18. The maximum Gasteiger partial charge on any atom is 0.404 e. The molecule has 0 aromatic heterocycles. The van der Waals surface area contributed by atoms with Crippen molar-refractivity contribution in [1.82, 2.24) is 0 Å². The minimum atomic E-state index is -1.39. The molecule has 0 bridgehead atoms. The van der Waals surface area contributed by atoms with Gasteiger partial charge in [-0.3, -0.25) is 4.90 Å². The normalized spacial score (nSPS) is 11.2. The Labute approximate surface area is 115 Å². The van der Waals surface area contributed by atoms with E-state index in [2.05, 4.69) is 19.7 Å². The Balaban J connectivity index is 2.70. The van der Waals surface area contributed by atoms with Gasteiger partial charge in [0.15, 0.2) is 0 Å². The zero-order valence-corrected chi connectivity index (χ0v) is 12.9. The number of aryl methyl sites for hydroxylation is 1. The van der Waals surface area contributed by atoms with Crippen LogP contribution in [0.4, 0.5) is 14.9 Å². The molecular weight excluding hydrogens is 257 g/mol. The lowest BCUT2D eigenvalue weighted by Gasteiger charge is -2.22. The summed E-state index contributed by atoms with van der Waals surface area (Å²) < 4.78 is 13.2. The summed E-state index contributed by atoms with van der Waals surface area (Å²) in [5, 5.41) is 0. The number of rotatable bonds is 6. The predicted molar refractivity (Wildman–Crippen MR) is 82.1 cm³/mol. The maximum absolute atomic E-state index is 13.2. The van der Waals surface area contributed by atoms with Crippen molar-refractivity contribution in [3.63, 3.8) is 0 Å². The van der Waals surface area contributed by atoms with E-state index < -0.39 is 14.2 Å². The lowest BCUT2D eigenvalue weighted by Crippen LogP contribution is -2.30. The Morgan fingerprint density at radius 1 is 1.47 bits per heavy atom. The van der Waals surface area contributed by atoms with Crippen LogP contribution in [0, 0.1) is 6.92 Å². The average Bonchev–Trinajstić information content (AvgIpc) is 2.34. The van der Waals surface area contributed by atoms with E-state index in [1.54, 1.807) is 6.07 Å². The minimum Gasteiger partial charge on any atom is -0.284 e. The summed E-state index contributed by atoms with van der Waals surface area (Å²) in [7, 11) is -1.39. The standard InChI is InChI=1S/C15H22FNOSi/c1-5-19(3,4)11-7-10-17(15(16)18)14-9-6-8-13(2)12-14/h5-6,8-9,12H,1,7,10-11H2,2-4H3. The number of benzene rings is 1. The van der Waals surface area contributed by atoms with Crippen LogP contribution in [0.5, 0.6) is 0 Å². The summed E-state index contributed by atoms with van der Waals surface area (Å²) >= 11 is 0. The van der Waals surface area contributed by atoms with Crippen LogP contribution in [0.15, 0.2) is 36.5 Å². The number of hydrogen-bond donors (Lipinski definition) is 0. The maximum atomic E-state index is 13.2. The van der Waals surface area contributed by atoms with Gasteiger partial charge in [-0.1, -0.05) is 31.3 Å². The molecule has 104 valence electrons. The van der Waals surface area contributed by atoms with Crippen LogP contribution in [0.1, 0.15) is 12.0 Å². The van der Waals surface area contributed by atoms with Gasteiger partial charge in [-0.15, -0.1) is 16.7 Å². The molecular formula is C15H22FNOSi. The molecule has 0 radical (unpaired) electrons. The molecule has 1 rings (SSSR count). The quantitative estimate of drug-likeness (QED) is 0.419. The molecule has 0 aliphatic rings. The number of nitrogens with zero attached hydrogens (tertiary/aromatic N) is 1. The van der Waals surface area contributed by atoms with Crippen molar-refractivity contribution in [3.8, 4) is 0 Å². The van der Waals surface area contributed by atoms with Gasteiger partial charge in [-0.25, -0.2) is 4.79 Å². The van der Waals surface area contributed by atoms with Crippen LogP contribution in [0.25, 0.3) is 0 Å². The lowest BCUT2D eigenvalue weighted by atomic mass is 10.2. The predicted octanol–water partition coefficient (Wildman–Crippen LogP) is 4.71. The summed E-state index contributed by atoms with van der Waals surface area (Å²) in [6.07, 6.45) is -0.585. The zero-order valence-electron chi connectivity index (χ0n) is 11.9. The van der Waals surface area contributed by atoms with Gasteiger partial charge in [-0.05, 0) is 31.0 Å². The van der Waals surface area contributed by atoms with Gasteiger partial charge >= 0.3 is 6.16 Å². The van der Waals surface area contributed by atoms with Crippen molar-refractivity contribution in [2.24, 2.45) is 0 Å². The largest absolute Gasteiger partial charge is 0.404 e. The Hall–Kier alpha value is -1.42. The van der Waals surface area contributed by atoms with E-state index >= 15 is 0 Å². The highest BCUT2D eigenvalue weighted by molar-refractivity contribution is 6.82. The fraction of sp³-hybridized carbons (Fsp3) is 0.400. The van der Waals surface area contributed by atoms with Crippen LogP contribution < -0.4 is 4.90 Å².